The molecule has 1 aromatic heterocycles. The molecule has 0 radical (unpaired) electrons. The summed E-state index contributed by atoms with van der Waals surface area (Å²) in [6.07, 6.45) is 0.889. The fourth-order valence-electron chi connectivity index (χ4n) is 2.42. The van der Waals surface area contributed by atoms with Gasteiger partial charge in [0.15, 0.2) is 0 Å². The van der Waals surface area contributed by atoms with Gasteiger partial charge in [0.1, 0.15) is 10.4 Å². The van der Waals surface area contributed by atoms with Gasteiger partial charge in [-0.05, 0) is 60.3 Å². The molecule has 0 unspecified atom stereocenters. The first kappa shape index (κ1) is 13.3. The van der Waals surface area contributed by atoms with Crippen LogP contribution in [0, 0.1) is 27.7 Å². The third-order valence-corrected chi connectivity index (χ3v) is 4.49. The Labute approximate surface area is 117 Å². The minimum atomic E-state index is 0.889. The van der Waals surface area contributed by atoms with Crippen molar-refractivity contribution in [1.29, 1.82) is 0 Å². The third-order valence-electron chi connectivity index (χ3n) is 3.50. The van der Waals surface area contributed by atoms with Crippen LogP contribution in [-0.2, 0) is 13.5 Å². The molecule has 0 saturated carbocycles. The van der Waals surface area contributed by atoms with Gasteiger partial charge in [-0.15, -0.1) is 0 Å². The lowest BCUT2D eigenvalue weighted by Gasteiger charge is -2.10. The summed E-state index contributed by atoms with van der Waals surface area (Å²) >= 11 is 3.62. The van der Waals surface area contributed by atoms with Gasteiger partial charge >= 0.3 is 0 Å². The Morgan fingerprint density at radius 2 is 1.67 bits per heavy atom. The summed E-state index contributed by atoms with van der Waals surface area (Å²) in [5.74, 6) is 1.04. The van der Waals surface area contributed by atoms with Crippen molar-refractivity contribution in [3.8, 4) is 0 Å². The number of imidazole rings is 1. The summed E-state index contributed by atoms with van der Waals surface area (Å²) in [5, 5.41) is 0. The number of hydrogen-bond donors (Lipinski definition) is 0. The van der Waals surface area contributed by atoms with Crippen LogP contribution in [0.15, 0.2) is 16.7 Å². The van der Waals surface area contributed by atoms with E-state index < -0.39 is 0 Å². The molecular formula is C15H19BrN2. The Kier molecular flexibility index (Phi) is 3.62. The van der Waals surface area contributed by atoms with Crippen molar-refractivity contribution < 1.29 is 0 Å². The number of aromatic nitrogens is 2. The number of nitrogens with zero attached hydrogens (tertiary/aromatic N) is 2. The number of rotatable bonds is 2. The summed E-state index contributed by atoms with van der Waals surface area (Å²) in [5.41, 5.74) is 6.53. The minimum absolute atomic E-state index is 0.889. The van der Waals surface area contributed by atoms with Gasteiger partial charge in [-0.2, -0.15) is 0 Å². The standard InChI is InChI=1S/C15H19BrN2/c1-9-6-10(2)13(11(3)7-9)8-14-15(16)18(5)12(4)17-14/h6-7H,8H2,1-5H3. The van der Waals surface area contributed by atoms with E-state index in [0.29, 0.717) is 0 Å². The Morgan fingerprint density at radius 3 is 2.11 bits per heavy atom. The normalized spacial score (nSPS) is 11.0. The molecule has 0 atom stereocenters. The second-order valence-electron chi connectivity index (χ2n) is 5.01. The second-order valence-corrected chi connectivity index (χ2v) is 5.76. The van der Waals surface area contributed by atoms with E-state index in [2.05, 4.69) is 58.4 Å². The van der Waals surface area contributed by atoms with Crippen LogP contribution in [0.5, 0.6) is 0 Å². The molecule has 0 saturated heterocycles. The molecule has 18 heavy (non-hydrogen) atoms. The van der Waals surface area contributed by atoms with Crippen molar-refractivity contribution in [2.45, 2.75) is 34.1 Å². The number of halogens is 1. The van der Waals surface area contributed by atoms with Gasteiger partial charge in [0.25, 0.3) is 0 Å². The first-order valence-electron chi connectivity index (χ1n) is 6.14. The maximum atomic E-state index is 4.63. The van der Waals surface area contributed by atoms with Crippen molar-refractivity contribution in [2.24, 2.45) is 7.05 Å². The van der Waals surface area contributed by atoms with Gasteiger partial charge in [0, 0.05) is 13.5 Å². The zero-order valence-corrected chi connectivity index (χ0v) is 13.2. The molecule has 0 aliphatic heterocycles. The fraction of sp³-hybridized carbons (Fsp3) is 0.400. The van der Waals surface area contributed by atoms with E-state index in [-0.39, 0.29) is 0 Å². The number of hydrogen-bond acceptors (Lipinski definition) is 1. The van der Waals surface area contributed by atoms with E-state index in [1.807, 2.05) is 14.0 Å². The summed E-state index contributed by atoms with van der Waals surface area (Å²) in [6.45, 7) is 8.53. The molecule has 3 heteroatoms. The highest BCUT2D eigenvalue weighted by Gasteiger charge is 2.13. The smallest absolute Gasteiger partial charge is 0.108 e. The predicted octanol–water partition coefficient (Wildman–Crippen LogP) is 4.01. The average molecular weight is 307 g/mol. The van der Waals surface area contributed by atoms with E-state index >= 15 is 0 Å². The maximum absolute atomic E-state index is 4.63. The largest absolute Gasteiger partial charge is 0.326 e. The highest BCUT2D eigenvalue weighted by Crippen LogP contribution is 2.24. The molecule has 2 aromatic rings. The number of benzene rings is 1. The fourth-order valence-corrected chi connectivity index (χ4v) is 2.91. The Hall–Kier alpha value is -1.09. The molecule has 0 spiro atoms. The lowest BCUT2D eigenvalue weighted by atomic mass is 9.96. The van der Waals surface area contributed by atoms with Crippen molar-refractivity contribution in [3.05, 3.63) is 50.5 Å². The summed E-state index contributed by atoms with van der Waals surface area (Å²) < 4.78 is 3.16. The molecule has 2 nitrogen and oxygen atoms in total. The van der Waals surface area contributed by atoms with E-state index in [4.69, 9.17) is 0 Å². The highest BCUT2D eigenvalue weighted by atomic mass is 79.9. The molecule has 0 bridgehead atoms. The van der Waals surface area contributed by atoms with Gasteiger partial charge in [-0.3, -0.25) is 0 Å². The topological polar surface area (TPSA) is 17.8 Å². The molecule has 0 fully saturated rings. The van der Waals surface area contributed by atoms with Crippen molar-refractivity contribution >= 4 is 15.9 Å². The van der Waals surface area contributed by atoms with Crippen LogP contribution in [0.2, 0.25) is 0 Å². The Morgan fingerprint density at radius 1 is 1.11 bits per heavy atom. The van der Waals surface area contributed by atoms with Gasteiger partial charge in [-0.1, -0.05) is 17.7 Å². The highest BCUT2D eigenvalue weighted by molar-refractivity contribution is 9.10. The molecule has 0 aliphatic rings. The lowest BCUT2D eigenvalue weighted by Crippen LogP contribution is -1.98. The third kappa shape index (κ3) is 2.37. The minimum Gasteiger partial charge on any atom is -0.326 e. The van der Waals surface area contributed by atoms with Crippen LogP contribution >= 0.6 is 15.9 Å². The van der Waals surface area contributed by atoms with Gasteiger partial charge in [0.2, 0.25) is 0 Å². The SMILES string of the molecule is Cc1cc(C)c(Cc2nc(C)n(C)c2Br)c(C)c1. The maximum Gasteiger partial charge on any atom is 0.108 e. The Balaban J connectivity index is 2.43. The van der Waals surface area contributed by atoms with Crippen molar-refractivity contribution in [2.75, 3.05) is 0 Å². The average Bonchev–Trinajstić information content (AvgIpc) is 2.51. The number of aryl methyl sites for hydroxylation is 4. The molecule has 2 rings (SSSR count). The van der Waals surface area contributed by atoms with Gasteiger partial charge in [0.05, 0.1) is 5.69 Å². The van der Waals surface area contributed by atoms with Crippen LogP contribution in [0.3, 0.4) is 0 Å². The van der Waals surface area contributed by atoms with Crippen LogP contribution in [-0.4, -0.2) is 9.55 Å². The van der Waals surface area contributed by atoms with Crippen LogP contribution in [0.25, 0.3) is 0 Å². The molecule has 0 aliphatic carbocycles. The molecule has 1 heterocycles. The molecule has 1 aromatic carbocycles. The quantitative estimate of drug-likeness (QED) is 0.820. The van der Waals surface area contributed by atoms with E-state index in [1.54, 1.807) is 0 Å². The first-order valence-corrected chi connectivity index (χ1v) is 6.94. The van der Waals surface area contributed by atoms with Gasteiger partial charge in [-0.25, -0.2) is 4.98 Å². The van der Waals surface area contributed by atoms with Crippen molar-refractivity contribution in [1.82, 2.24) is 9.55 Å². The molecular weight excluding hydrogens is 288 g/mol. The van der Waals surface area contributed by atoms with E-state index in [1.165, 1.54) is 22.3 Å². The van der Waals surface area contributed by atoms with Gasteiger partial charge < -0.3 is 4.57 Å². The monoisotopic (exact) mass is 306 g/mol. The summed E-state index contributed by atoms with van der Waals surface area (Å²) in [7, 11) is 2.03. The van der Waals surface area contributed by atoms with Crippen LogP contribution < -0.4 is 0 Å². The van der Waals surface area contributed by atoms with Crippen LogP contribution in [0.4, 0.5) is 0 Å². The molecule has 0 amide bonds. The second kappa shape index (κ2) is 4.88. The molecule has 0 N–H and O–H groups in total. The van der Waals surface area contributed by atoms with Crippen molar-refractivity contribution in [3.63, 3.8) is 0 Å². The first-order chi connectivity index (χ1) is 8.40. The Bertz CT molecular complexity index is 574. The zero-order chi connectivity index (χ0) is 13.4. The zero-order valence-electron chi connectivity index (χ0n) is 11.6. The van der Waals surface area contributed by atoms with E-state index in [9.17, 15) is 0 Å². The van der Waals surface area contributed by atoms with Crippen LogP contribution in [0.1, 0.15) is 33.8 Å². The van der Waals surface area contributed by atoms with E-state index in [0.717, 1.165) is 22.5 Å². The molecule has 96 valence electrons. The summed E-state index contributed by atoms with van der Waals surface area (Å²) in [6, 6.07) is 4.48. The summed E-state index contributed by atoms with van der Waals surface area (Å²) in [4.78, 5) is 4.63. The predicted molar refractivity (Wildman–Crippen MR) is 79.1 cm³/mol. The lowest BCUT2D eigenvalue weighted by molar-refractivity contribution is 0.839.